The third kappa shape index (κ3) is 6.11. The number of thiazole rings is 1. The van der Waals surface area contributed by atoms with Gasteiger partial charge < -0.3 is 10.2 Å². The number of nitro groups is 1. The summed E-state index contributed by atoms with van der Waals surface area (Å²) in [5, 5.41) is 16.7. The maximum atomic E-state index is 11.9. The molecule has 2 rings (SSSR count). The predicted molar refractivity (Wildman–Crippen MR) is 102 cm³/mol. The molecule has 0 aliphatic heterocycles. The number of carbonyl (C=O) groups is 1. The summed E-state index contributed by atoms with van der Waals surface area (Å²) in [5.41, 5.74) is 0.645. The molecule has 1 aromatic heterocycles. The third-order valence-corrected chi connectivity index (χ3v) is 4.73. The molecular formula is C15H23ClN5O3S+. The lowest BCUT2D eigenvalue weighted by Crippen LogP contribution is -3.11. The van der Waals surface area contributed by atoms with Crippen molar-refractivity contribution >= 4 is 50.8 Å². The summed E-state index contributed by atoms with van der Waals surface area (Å²) in [6, 6.07) is 4.14. The van der Waals surface area contributed by atoms with Gasteiger partial charge in [-0.3, -0.25) is 15.4 Å². The zero-order chi connectivity index (χ0) is 17.5. The average Bonchev–Trinajstić information content (AvgIpc) is 2.96. The minimum atomic E-state index is -0.448. The molecule has 0 aliphatic rings. The van der Waals surface area contributed by atoms with E-state index >= 15 is 0 Å². The van der Waals surface area contributed by atoms with Gasteiger partial charge in [-0.1, -0.05) is 11.3 Å². The molecule has 138 valence electrons. The highest BCUT2D eigenvalue weighted by Crippen LogP contribution is 2.28. The molecule has 0 fully saturated rings. The number of hydrogen-bond acceptors (Lipinski definition) is 5. The topological polar surface area (TPSA) is 102 Å². The van der Waals surface area contributed by atoms with Gasteiger partial charge in [0.05, 0.1) is 34.8 Å². The summed E-state index contributed by atoms with van der Waals surface area (Å²) < 4.78 is 0.671. The molecular weight excluding hydrogens is 366 g/mol. The number of quaternary nitrogens is 1. The van der Waals surface area contributed by atoms with E-state index in [1.165, 1.54) is 28.4 Å². The van der Waals surface area contributed by atoms with E-state index < -0.39 is 4.92 Å². The van der Waals surface area contributed by atoms with Gasteiger partial charge in [-0.15, -0.1) is 12.4 Å². The Morgan fingerprint density at radius 1 is 1.36 bits per heavy atom. The van der Waals surface area contributed by atoms with Crippen LogP contribution >= 0.6 is 23.7 Å². The molecule has 0 radical (unpaired) electrons. The fourth-order valence-corrected chi connectivity index (χ4v) is 3.26. The van der Waals surface area contributed by atoms with Gasteiger partial charge in [-0.25, -0.2) is 9.78 Å². The first-order valence-electron chi connectivity index (χ1n) is 7.96. The molecule has 0 atom stereocenters. The van der Waals surface area contributed by atoms with Crippen LogP contribution in [0.25, 0.3) is 10.2 Å². The highest BCUT2D eigenvalue weighted by atomic mass is 35.5. The van der Waals surface area contributed by atoms with Crippen molar-refractivity contribution in [2.45, 2.75) is 20.3 Å². The molecule has 8 nitrogen and oxygen atoms in total. The van der Waals surface area contributed by atoms with Crippen LogP contribution in [0.2, 0.25) is 0 Å². The molecule has 2 aromatic rings. The van der Waals surface area contributed by atoms with Crippen molar-refractivity contribution in [2.75, 3.05) is 31.5 Å². The molecule has 0 saturated heterocycles. The summed E-state index contributed by atoms with van der Waals surface area (Å²) in [6.07, 6.45) is 0.913. The van der Waals surface area contributed by atoms with Gasteiger partial charge in [-0.2, -0.15) is 0 Å². The van der Waals surface area contributed by atoms with Crippen LogP contribution < -0.4 is 15.5 Å². The van der Waals surface area contributed by atoms with Gasteiger partial charge in [-0.05, 0) is 19.9 Å². The Morgan fingerprint density at radius 3 is 2.72 bits per heavy atom. The molecule has 1 aromatic carbocycles. The number of amides is 2. The van der Waals surface area contributed by atoms with Crippen LogP contribution in [0, 0.1) is 10.1 Å². The molecule has 1 heterocycles. The molecule has 0 spiro atoms. The highest BCUT2D eigenvalue weighted by Gasteiger charge is 2.12. The van der Waals surface area contributed by atoms with Crippen molar-refractivity contribution in [3.8, 4) is 0 Å². The lowest BCUT2D eigenvalue weighted by Gasteiger charge is -2.15. The Labute approximate surface area is 156 Å². The number of nitrogens with one attached hydrogen (secondary N) is 3. The van der Waals surface area contributed by atoms with Gasteiger partial charge in [0.25, 0.3) is 5.69 Å². The standard InChI is InChI=1S/C15H21N5O3S.ClH/c1-3-19(4-2)9-5-8-16-14(21)18-15-17-12-7-6-11(20(22)23)10-13(12)24-15;/h6-7,10H,3-5,8-9H2,1-2H3,(H2,16,17,18,21);1H/p+1. The summed E-state index contributed by atoms with van der Waals surface area (Å²) in [6.45, 7) is 8.09. The van der Waals surface area contributed by atoms with E-state index in [1.54, 1.807) is 6.07 Å². The van der Waals surface area contributed by atoms with Crippen molar-refractivity contribution in [2.24, 2.45) is 0 Å². The van der Waals surface area contributed by atoms with Crippen LogP contribution in [0.4, 0.5) is 15.6 Å². The number of non-ortho nitro benzene ring substituents is 1. The number of carbonyl (C=O) groups excluding carboxylic acids is 1. The lowest BCUT2D eigenvalue weighted by molar-refractivity contribution is -0.896. The summed E-state index contributed by atoms with van der Waals surface area (Å²) in [5.74, 6) is 0. The van der Waals surface area contributed by atoms with E-state index in [0.29, 0.717) is 21.9 Å². The van der Waals surface area contributed by atoms with Gasteiger partial charge in [0.15, 0.2) is 5.13 Å². The number of fused-ring (bicyclic) bond motifs is 1. The highest BCUT2D eigenvalue weighted by molar-refractivity contribution is 7.22. The Morgan fingerprint density at radius 2 is 2.08 bits per heavy atom. The number of urea groups is 1. The molecule has 25 heavy (non-hydrogen) atoms. The second kappa shape index (κ2) is 10.1. The van der Waals surface area contributed by atoms with Crippen LogP contribution in [0.1, 0.15) is 20.3 Å². The van der Waals surface area contributed by atoms with Gasteiger partial charge in [0, 0.05) is 25.1 Å². The lowest BCUT2D eigenvalue weighted by atomic mass is 10.3. The largest absolute Gasteiger partial charge is 0.338 e. The quantitative estimate of drug-likeness (QED) is 0.366. The van der Waals surface area contributed by atoms with Crippen LogP contribution in [0.15, 0.2) is 18.2 Å². The van der Waals surface area contributed by atoms with Gasteiger partial charge in [0.1, 0.15) is 0 Å². The molecule has 0 saturated carbocycles. The summed E-state index contributed by atoms with van der Waals surface area (Å²) in [4.78, 5) is 28.0. The molecule has 0 bridgehead atoms. The first-order chi connectivity index (χ1) is 11.5. The normalized spacial score (nSPS) is 10.5. The maximum absolute atomic E-state index is 11.9. The number of nitro benzene ring substituents is 1. The van der Waals surface area contributed by atoms with Crippen LogP contribution in [-0.2, 0) is 0 Å². The zero-order valence-corrected chi connectivity index (χ0v) is 15.8. The van der Waals surface area contributed by atoms with E-state index in [2.05, 4.69) is 29.5 Å². The minimum absolute atomic E-state index is 0. The Balaban J connectivity index is 0.00000312. The summed E-state index contributed by atoms with van der Waals surface area (Å²) in [7, 11) is 0. The number of hydrogen-bond donors (Lipinski definition) is 3. The number of rotatable bonds is 8. The van der Waals surface area contributed by atoms with Crippen molar-refractivity contribution < 1.29 is 14.6 Å². The first kappa shape index (κ1) is 21.1. The zero-order valence-electron chi connectivity index (χ0n) is 14.2. The van der Waals surface area contributed by atoms with Crippen LogP contribution in [-0.4, -0.2) is 42.1 Å². The average molecular weight is 389 g/mol. The minimum Gasteiger partial charge on any atom is -0.338 e. The van der Waals surface area contributed by atoms with Crippen molar-refractivity contribution in [1.82, 2.24) is 10.3 Å². The Kier molecular flexibility index (Phi) is 8.53. The van der Waals surface area contributed by atoms with Gasteiger partial charge >= 0.3 is 6.03 Å². The number of halogens is 1. The van der Waals surface area contributed by atoms with E-state index in [4.69, 9.17) is 0 Å². The smallest absolute Gasteiger partial charge is 0.321 e. The molecule has 0 aliphatic carbocycles. The molecule has 0 unspecified atom stereocenters. The van der Waals surface area contributed by atoms with Crippen molar-refractivity contribution in [3.05, 3.63) is 28.3 Å². The Hall–Kier alpha value is -1.97. The number of nitrogens with zero attached hydrogens (tertiary/aromatic N) is 2. The molecule has 10 heteroatoms. The number of anilines is 1. The van der Waals surface area contributed by atoms with Crippen molar-refractivity contribution in [1.29, 1.82) is 0 Å². The SMILES string of the molecule is CC[NH+](CC)CCCNC(=O)Nc1nc2ccc([N+](=O)[O-])cc2s1.Cl. The fraction of sp³-hybridized carbons (Fsp3) is 0.467. The Bertz CT molecular complexity index is 720. The summed E-state index contributed by atoms with van der Waals surface area (Å²) >= 11 is 1.22. The third-order valence-electron chi connectivity index (χ3n) is 3.80. The van der Waals surface area contributed by atoms with E-state index in [1.807, 2.05) is 0 Å². The molecule has 3 N–H and O–H groups in total. The van der Waals surface area contributed by atoms with Crippen LogP contribution in [0.5, 0.6) is 0 Å². The second-order valence-electron chi connectivity index (χ2n) is 5.37. The van der Waals surface area contributed by atoms with Crippen LogP contribution in [0.3, 0.4) is 0 Å². The predicted octanol–water partition coefficient (Wildman–Crippen LogP) is 2.06. The van der Waals surface area contributed by atoms with Gasteiger partial charge in [0.2, 0.25) is 0 Å². The van der Waals surface area contributed by atoms with E-state index in [0.717, 1.165) is 26.1 Å². The first-order valence-corrected chi connectivity index (χ1v) is 8.78. The fourth-order valence-electron chi connectivity index (χ4n) is 2.37. The molecule has 2 amide bonds. The number of benzene rings is 1. The maximum Gasteiger partial charge on any atom is 0.321 e. The monoisotopic (exact) mass is 388 g/mol. The number of aromatic nitrogens is 1. The van der Waals surface area contributed by atoms with E-state index in [-0.39, 0.29) is 24.1 Å². The second-order valence-corrected chi connectivity index (χ2v) is 6.40. The van der Waals surface area contributed by atoms with E-state index in [9.17, 15) is 14.9 Å². The van der Waals surface area contributed by atoms with Crippen molar-refractivity contribution in [3.63, 3.8) is 0 Å².